The zero-order chi connectivity index (χ0) is 31.4. The van der Waals surface area contributed by atoms with E-state index in [0.29, 0.717) is 37.8 Å². The lowest BCUT2D eigenvalue weighted by Crippen LogP contribution is -2.61. The normalized spacial score (nSPS) is 23.8. The summed E-state index contributed by atoms with van der Waals surface area (Å²) in [6.07, 6.45) is 1.66. The molecule has 2 fully saturated rings. The van der Waals surface area contributed by atoms with Crippen LogP contribution >= 0.6 is 0 Å². The minimum absolute atomic E-state index is 0.0665. The van der Waals surface area contributed by atoms with Crippen molar-refractivity contribution in [2.45, 2.75) is 69.0 Å². The summed E-state index contributed by atoms with van der Waals surface area (Å²) < 4.78 is 149. The lowest BCUT2D eigenvalue weighted by molar-refractivity contribution is -0.247. The molecule has 2 aliphatic rings. The highest BCUT2D eigenvalue weighted by Gasteiger charge is 2.83. The Morgan fingerprint density at radius 1 is 0.878 bits per heavy atom. The maximum absolute atomic E-state index is 13.9. The first-order chi connectivity index (χ1) is 18.5. The van der Waals surface area contributed by atoms with Gasteiger partial charge in [0, 0.05) is 0 Å². The summed E-state index contributed by atoms with van der Waals surface area (Å²) in [5, 5.41) is -13.7. The van der Waals surface area contributed by atoms with Crippen LogP contribution in [0.25, 0.3) is 0 Å². The number of hydrogen-bond acceptors (Lipinski definition) is 9. The van der Waals surface area contributed by atoms with Crippen molar-refractivity contribution in [3.05, 3.63) is 24.3 Å². The summed E-state index contributed by atoms with van der Waals surface area (Å²) >= 11 is 0. The van der Waals surface area contributed by atoms with Gasteiger partial charge in [0.2, 0.25) is 0 Å². The van der Waals surface area contributed by atoms with Crippen LogP contribution in [0.15, 0.2) is 24.3 Å². The molecule has 4 unspecified atom stereocenters. The lowest BCUT2D eigenvalue weighted by atomic mass is 9.86. The van der Waals surface area contributed by atoms with E-state index in [9.17, 15) is 52.8 Å². The molecule has 1 aromatic rings. The smallest absolute Gasteiger partial charge is 0.450 e. The lowest BCUT2D eigenvalue weighted by Gasteiger charge is -2.30. The van der Waals surface area contributed by atoms with Crippen molar-refractivity contribution in [2.75, 3.05) is 0 Å². The van der Waals surface area contributed by atoms with Crippen molar-refractivity contribution in [1.29, 1.82) is 0 Å². The van der Waals surface area contributed by atoms with Crippen molar-refractivity contribution in [2.24, 2.45) is 23.2 Å². The van der Waals surface area contributed by atoms with Crippen molar-refractivity contribution >= 4 is 32.2 Å². The number of ether oxygens (including phenoxy) is 2. The molecule has 0 aliphatic heterocycles. The average molecular weight is 641 g/mol. The molecule has 0 aromatic heterocycles. The van der Waals surface area contributed by atoms with Gasteiger partial charge in [-0.15, -0.1) is 0 Å². The Morgan fingerprint density at radius 2 is 1.41 bits per heavy atom. The maximum atomic E-state index is 13.9. The first-order valence-corrected chi connectivity index (χ1v) is 14.9. The predicted octanol–water partition coefficient (Wildman–Crippen LogP) is 4.40. The molecule has 41 heavy (non-hydrogen) atoms. The third-order valence-corrected chi connectivity index (χ3v) is 9.61. The number of carbonyl (C=O) groups is 2. The van der Waals surface area contributed by atoms with Crippen LogP contribution in [0.1, 0.15) is 46.5 Å². The SMILES string of the molecule is CCC(C)(C)C(=O)OC1CC2CC1CC2C(=O)Oc1ccc(OS(=O)(=O)C(F)(F)C(F)(F)C(F)(F)S(=O)(=O)O)cc1. The van der Waals surface area contributed by atoms with E-state index in [0.717, 1.165) is 12.1 Å². The highest BCUT2D eigenvalue weighted by atomic mass is 32.2. The Morgan fingerprint density at radius 3 is 1.88 bits per heavy atom. The van der Waals surface area contributed by atoms with Crippen LogP contribution in [0.5, 0.6) is 11.5 Å². The Bertz CT molecular complexity index is 1390. The van der Waals surface area contributed by atoms with Gasteiger partial charge in [0.25, 0.3) is 0 Å². The Kier molecular flexibility index (Phi) is 8.50. The van der Waals surface area contributed by atoms with Crippen molar-refractivity contribution in [3.8, 4) is 11.5 Å². The molecule has 0 amide bonds. The minimum atomic E-state index is -7.17. The number of hydrogen-bond donors (Lipinski definition) is 1. The van der Waals surface area contributed by atoms with Crippen LogP contribution < -0.4 is 8.92 Å². The zero-order valence-electron chi connectivity index (χ0n) is 21.7. The molecule has 1 aromatic carbocycles. The first kappa shape index (κ1) is 32.9. The number of fused-ring (bicyclic) bond motifs is 2. The van der Waals surface area contributed by atoms with E-state index in [-0.39, 0.29) is 29.7 Å². The molecule has 3 rings (SSSR count). The van der Waals surface area contributed by atoms with E-state index in [1.54, 1.807) is 13.8 Å². The fourth-order valence-corrected chi connectivity index (χ4v) is 5.95. The number of rotatable bonds is 11. The van der Waals surface area contributed by atoms with Crippen LogP contribution in [0.2, 0.25) is 0 Å². The second-order valence-electron chi connectivity index (χ2n) is 10.5. The van der Waals surface area contributed by atoms with E-state index in [2.05, 4.69) is 4.18 Å². The number of alkyl halides is 6. The van der Waals surface area contributed by atoms with Crippen LogP contribution in [0.3, 0.4) is 0 Å². The molecule has 18 heteroatoms. The summed E-state index contributed by atoms with van der Waals surface area (Å²) in [6.45, 7) is 5.38. The van der Waals surface area contributed by atoms with Gasteiger partial charge >= 0.3 is 48.6 Å². The molecular weight excluding hydrogens is 614 g/mol. The summed E-state index contributed by atoms with van der Waals surface area (Å²) in [4.78, 5) is 25.1. The van der Waals surface area contributed by atoms with Gasteiger partial charge in [-0.3, -0.25) is 14.1 Å². The van der Waals surface area contributed by atoms with Gasteiger partial charge in [0.05, 0.1) is 11.3 Å². The fourth-order valence-electron chi connectivity index (χ4n) is 4.52. The second-order valence-corrected chi connectivity index (χ2v) is 13.6. The largest absolute Gasteiger partial charge is 0.462 e. The highest BCUT2D eigenvalue weighted by Crippen LogP contribution is 2.52. The van der Waals surface area contributed by atoms with Crippen LogP contribution in [-0.2, 0) is 34.6 Å². The maximum Gasteiger partial charge on any atom is 0.450 e. The molecule has 2 aliphatic carbocycles. The van der Waals surface area contributed by atoms with Crippen molar-refractivity contribution < 1.29 is 71.0 Å². The van der Waals surface area contributed by atoms with E-state index < -0.39 is 59.7 Å². The van der Waals surface area contributed by atoms with E-state index in [1.807, 2.05) is 6.92 Å². The Labute approximate surface area is 231 Å². The monoisotopic (exact) mass is 640 g/mol. The van der Waals surface area contributed by atoms with Crippen LogP contribution in [0, 0.1) is 23.2 Å². The molecule has 10 nitrogen and oxygen atoms in total. The summed E-state index contributed by atoms with van der Waals surface area (Å²) in [5.41, 5.74) is -0.655. The highest BCUT2D eigenvalue weighted by molar-refractivity contribution is 7.88. The van der Waals surface area contributed by atoms with Crippen LogP contribution in [-0.4, -0.2) is 55.9 Å². The van der Waals surface area contributed by atoms with E-state index in [4.69, 9.17) is 14.0 Å². The third kappa shape index (κ3) is 5.86. The quantitative estimate of drug-likeness (QED) is 0.121. The van der Waals surface area contributed by atoms with Gasteiger partial charge in [-0.05, 0) is 75.6 Å². The Hall–Kier alpha value is -2.60. The predicted molar refractivity (Wildman–Crippen MR) is 126 cm³/mol. The van der Waals surface area contributed by atoms with E-state index in [1.165, 1.54) is 0 Å². The molecule has 0 saturated heterocycles. The number of halogens is 6. The average Bonchev–Trinajstić information content (AvgIpc) is 3.44. The molecule has 232 valence electrons. The molecule has 0 radical (unpaired) electrons. The minimum Gasteiger partial charge on any atom is -0.462 e. The van der Waals surface area contributed by atoms with Gasteiger partial charge in [-0.25, -0.2) is 0 Å². The first-order valence-electron chi connectivity index (χ1n) is 12.1. The van der Waals surface area contributed by atoms with Crippen molar-refractivity contribution in [1.82, 2.24) is 0 Å². The summed E-state index contributed by atoms with van der Waals surface area (Å²) in [6, 6.07) is 2.86. The van der Waals surface area contributed by atoms with E-state index >= 15 is 0 Å². The van der Waals surface area contributed by atoms with Gasteiger partial charge < -0.3 is 13.7 Å². The summed E-state index contributed by atoms with van der Waals surface area (Å²) in [7, 11) is -14.1. The molecule has 2 bridgehead atoms. The molecule has 2 saturated carbocycles. The second kappa shape index (κ2) is 10.6. The number of esters is 2. The van der Waals surface area contributed by atoms with Gasteiger partial charge in [0.1, 0.15) is 17.6 Å². The summed E-state index contributed by atoms with van der Waals surface area (Å²) in [5.74, 6) is -10.3. The van der Waals surface area contributed by atoms with Crippen molar-refractivity contribution in [3.63, 3.8) is 0 Å². The fraction of sp³-hybridized carbons (Fsp3) is 0.652. The molecule has 4 atom stereocenters. The number of benzene rings is 1. The molecular formula is C23H26F6O10S2. The molecule has 1 N–H and O–H groups in total. The standard InChI is InChI=1S/C23H26F6O10S2/c1-4-20(2,3)19(31)38-17-11-12-9-13(17)10-16(12)18(30)37-14-5-7-15(8-6-14)39-41(35,36)23(28,29)21(24,25)22(26,27)40(32,33)34/h5-8,12-13,16-17H,4,9-11H2,1-3H3,(H,32,33,34). The zero-order valence-corrected chi connectivity index (χ0v) is 23.3. The third-order valence-electron chi connectivity index (χ3n) is 7.41. The van der Waals surface area contributed by atoms with Gasteiger partial charge in [0.15, 0.2) is 0 Å². The topological polar surface area (TPSA) is 150 Å². The van der Waals surface area contributed by atoms with Gasteiger partial charge in [-0.2, -0.15) is 43.2 Å². The molecule has 0 heterocycles. The van der Waals surface area contributed by atoms with Gasteiger partial charge in [-0.1, -0.05) is 6.92 Å². The Balaban J connectivity index is 1.63. The van der Waals surface area contributed by atoms with Crippen LogP contribution in [0.4, 0.5) is 26.3 Å². The number of carbonyl (C=O) groups excluding carboxylic acids is 2. The molecule has 0 spiro atoms.